The monoisotopic (exact) mass is 215 g/mol. The molecule has 0 aromatic heterocycles. The first-order valence-corrected chi connectivity index (χ1v) is 5.38. The molecule has 1 saturated heterocycles. The molecule has 0 amide bonds. The maximum absolute atomic E-state index is 11.5. The number of nitrogens with zero attached hydrogens (tertiary/aromatic N) is 1. The first-order valence-electron chi connectivity index (χ1n) is 5.38. The Hall–Kier alpha value is -0.610. The summed E-state index contributed by atoms with van der Waals surface area (Å²) in [5, 5.41) is 0. The van der Waals surface area contributed by atoms with E-state index in [0.717, 1.165) is 19.6 Å². The van der Waals surface area contributed by atoms with Crippen molar-refractivity contribution in [3.63, 3.8) is 0 Å². The van der Waals surface area contributed by atoms with E-state index in [1.165, 1.54) is 0 Å². The summed E-state index contributed by atoms with van der Waals surface area (Å²) >= 11 is 0. The number of carbonyl (C=O) groups excluding carboxylic acids is 1. The Morgan fingerprint density at radius 1 is 1.53 bits per heavy atom. The fourth-order valence-corrected chi connectivity index (χ4v) is 1.58. The van der Waals surface area contributed by atoms with E-state index in [4.69, 9.17) is 9.47 Å². The van der Waals surface area contributed by atoms with Gasteiger partial charge in [0.05, 0.1) is 13.2 Å². The molecule has 0 aromatic carbocycles. The second-order valence-electron chi connectivity index (χ2n) is 5.02. The van der Waals surface area contributed by atoms with Gasteiger partial charge in [0.1, 0.15) is 5.60 Å². The SMILES string of the molecule is CN(CC(=O)OC(C)(C)C)C1CCOC1. The molecule has 1 aliphatic rings. The van der Waals surface area contributed by atoms with E-state index in [0.29, 0.717) is 12.6 Å². The van der Waals surface area contributed by atoms with E-state index in [2.05, 4.69) is 0 Å². The van der Waals surface area contributed by atoms with Crippen molar-refractivity contribution in [2.24, 2.45) is 0 Å². The van der Waals surface area contributed by atoms with Crippen LogP contribution in [0, 0.1) is 0 Å². The molecule has 1 unspecified atom stereocenters. The van der Waals surface area contributed by atoms with Crippen LogP contribution in [0.4, 0.5) is 0 Å². The highest BCUT2D eigenvalue weighted by Crippen LogP contribution is 2.12. The second-order valence-corrected chi connectivity index (χ2v) is 5.02. The largest absolute Gasteiger partial charge is 0.459 e. The lowest BCUT2D eigenvalue weighted by Gasteiger charge is -2.25. The van der Waals surface area contributed by atoms with Crippen molar-refractivity contribution < 1.29 is 14.3 Å². The highest BCUT2D eigenvalue weighted by atomic mass is 16.6. The van der Waals surface area contributed by atoms with Crippen LogP contribution in [0.5, 0.6) is 0 Å². The molecule has 4 heteroatoms. The minimum Gasteiger partial charge on any atom is -0.459 e. The van der Waals surface area contributed by atoms with Crippen LogP contribution in [0.25, 0.3) is 0 Å². The van der Waals surface area contributed by atoms with Gasteiger partial charge in [-0.1, -0.05) is 0 Å². The van der Waals surface area contributed by atoms with Gasteiger partial charge in [0.2, 0.25) is 0 Å². The van der Waals surface area contributed by atoms with Crippen LogP contribution < -0.4 is 0 Å². The third kappa shape index (κ3) is 4.62. The standard InChI is InChI=1S/C11H21NO3/c1-11(2,3)15-10(13)7-12(4)9-5-6-14-8-9/h9H,5-8H2,1-4H3. The Labute approximate surface area is 91.5 Å². The summed E-state index contributed by atoms with van der Waals surface area (Å²) in [4.78, 5) is 13.5. The first-order chi connectivity index (χ1) is 6.88. The predicted molar refractivity (Wildman–Crippen MR) is 57.7 cm³/mol. The fourth-order valence-electron chi connectivity index (χ4n) is 1.58. The smallest absolute Gasteiger partial charge is 0.320 e. The third-order valence-corrected chi connectivity index (χ3v) is 2.33. The van der Waals surface area contributed by atoms with Crippen molar-refractivity contribution in [3.05, 3.63) is 0 Å². The van der Waals surface area contributed by atoms with Crippen LogP contribution >= 0.6 is 0 Å². The van der Waals surface area contributed by atoms with Gasteiger partial charge in [-0.05, 0) is 34.2 Å². The number of likely N-dealkylation sites (N-methyl/N-ethyl adjacent to an activating group) is 1. The van der Waals surface area contributed by atoms with Gasteiger partial charge in [0.15, 0.2) is 0 Å². The summed E-state index contributed by atoms with van der Waals surface area (Å²) in [5.74, 6) is -0.170. The zero-order valence-corrected chi connectivity index (χ0v) is 10.1. The molecule has 4 nitrogen and oxygen atoms in total. The fraction of sp³-hybridized carbons (Fsp3) is 0.909. The summed E-state index contributed by atoms with van der Waals surface area (Å²) in [5.41, 5.74) is -0.399. The zero-order valence-electron chi connectivity index (χ0n) is 10.1. The average molecular weight is 215 g/mol. The van der Waals surface area contributed by atoms with Gasteiger partial charge in [-0.15, -0.1) is 0 Å². The Morgan fingerprint density at radius 3 is 2.67 bits per heavy atom. The number of carbonyl (C=O) groups is 1. The summed E-state index contributed by atoms with van der Waals surface area (Å²) in [7, 11) is 1.93. The second kappa shape index (κ2) is 4.94. The highest BCUT2D eigenvalue weighted by Gasteiger charge is 2.24. The van der Waals surface area contributed by atoms with Crippen molar-refractivity contribution in [1.29, 1.82) is 0 Å². The molecule has 1 aliphatic heterocycles. The third-order valence-electron chi connectivity index (χ3n) is 2.33. The van der Waals surface area contributed by atoms with Gasteiger partial charge in [-0.3, -0.25) is 9.69 Å². The Morgan fingerprint density at radius 2 is 2.20 bits per heavy atom. The normalized spacial score (nSPS) is 22.1. The molecule has 0 bridgehead atoms. The summed E-state index contributed by atoms with van der Waals surface area (Å²) in [6, 6.07) is 0.359. The van der Waals surface area contributed by atoms with Gasteiger partial charge in [-0.25, -0.2) is 0 Å². The maximum Gasteiger partial charge on any atom is 0.320 e. The van der Waals surface area contributed by atoms with Gasteiger partial charge >= 0.3 is 5.97 Å². The number of hydrogen-bond donors (Lipinski definition) is 0. The first kappa shape index (κ1) is 12.5. The minimum absolute atomic E-state index is 0.170. The highest BCUT2D eigenvalue weighted by molar-refractivity contribution is 5.72. The van der Waals surface area contributed by atoms with Gasteiger partial charge < -0.3 is 9.47 Å². The molecular formula is C11H21NO3. The van der Waals surface area contributed by atoms with Crippen LogP contribution in [0.3, 0.4) is 0 Å². The van der Waals surface area contributed by atoms with Crippen LogP contribution in [-0.4, -0.2) is 49.3 Å². The quantitative estimate of drug-likeness (QED) is 0.660. The van der Waals surface area contributed by atoms with Crippen LogP contribution in [0.2, 0.25) is 0 Å². The molecule has 1 rings (SSSR count). The van der Waals surface area contributed by atoms with Crippen molar-refractivity contribution >= 4 is 5.97 Å². The molecular weight excluding hydrogens is 194 g/mol. The molecule has 0 aromatic rings. The Kier molecular flexibility index (Phi) is 4.11. The topological polar surface area (TPSA) is 38.8 Å². The molecule has 0 aliphatic carbocycles. The Balaban J connectivity index is 2.30. The van der Waals surface area contributed by atoms with Gasteiger partial charge in [-0.2, -0.15) is 0 Å². The minimum atomic E-state index is -0.399. The number of ether oxygens (including phenoxy) is 2. The van der Waals surface area contributed by atoms with Crippen LogP contribution in [-0.2, 0) is 14.3 Å². The van der Waals surface area contributed by atoms with E-state index < -0.39 is 5.60 Å². The molecule has 0 N–H and O–H groups in total. The molecule has 0 spiro atoms. The van der Waals surface area contributed by atoms with Gasteiger partial charge in [0, 0.05) is 12.6 Å². The van der Waals surface area contributed by atoms with Crippen LogP contribution in [0.15, 0.2) is 0 Å². The average Bonchev–Trinajstić information content (AvgIpc) is 2.50. The zero-order chi connectivity index (χ0) is 11.5. The van der Waals surface area contributed by atoms with E-state index in [-0.39, 0.29) is 5.97 Å². The van der Waals surface area contributed by atoms with Crippen molar-refractivity contribution in [2.75, 3.05) is 26.8 Å². The summed E-state index contributed by atoms with van der Waals surface area (Å²) in [6.07, 6.45) is 0.999. The van der Waals surface area contributed by atoms with E-state index in [1.54, 1.807) is 0 Å². The van der Waals surface area contributed by atoms with E-state index in [9.17, 15) is 4.79 Å². The summed E-state index contributed by atoms with van der Waals surface area (Å²) < 4.78 is 10.5. The van der Waals surface area contributed by atoms with Crippen molar-refractivity contribution in [3.8, 4) is 0 Å². The Bertz CT molecular complexity index is 216. The number of rotatable bonds is 3. The molecule has 1 heterocycles. The molecule has 0 radical (unpaired) electrons. The lowest BCUT2D eigenvalue weighted by atomic mass is 10.2. The molecule has 1 atom stereocenters. The van der Waals surface area contributed by atoms with Crippen LogP contribution in [0.1, 0.15) is 27.2 Å². The lowest BCUT2D eigenvalue weighted by molar-refractivity contribution is -0.156. The molecule has 1 fully saturated rings. The van der Waals surface area contributed by atoms with Crippen molar-refractivity contribution in [1.82, 2.24) is 4.90 Å². The maximum atomic E-state index is 11.5. The van der Waals surface area contributed by atoms with E-state index >= 15 is 0 Å². The molecule has 0 saturated carbocycles. The predicted octanol–water partition coefficient (Wildman–Crippen LogP) is 1.05. The lowest BCUT2D eigenvalue weighted by Crippen LogP contribution is -2.38. The van der Waals surface area contributed by atoms with Crippen molar-refractivity contribution in [2.45, 2.75) is 38.8 Å². The van der Waals surface area contributed by atoms with E-state index in [1.807, 2.05) is 32.7 Å². The molecule has 15 heavy (non-hydrogen) atoms. The number of hydrogen-bond acceptors (Lipinski definition) is 4. The molecule has 88 valence electrons. The van der Waals surface area contributed by atoms with Gasteiger partial charge in [0.25, 0.3) is 0 Å². The summed E-state index contributed by atoms with van der Waals surface area (Å²) in [6.45, 7) is 7.49. The number of esters is 1.